The van der Waals surface area contributed by atoms with Crippen LogP contribution in [0.15, 0.2) is 18.2 Å². The van der Waals surface area contributed by atoms with Gasteiger partial charge < -0.3 is 15.4 Å². The number of methoxy groups -OCH3 is 1. The van der Waals surface area contributed by atoms with Gasteiger partial charge in [0, 0.05) is 25.0 Å². The Morgan fingerprint density at radius 3 is 2.81 bits per heavy atom. The third kappa shape index (κ3) is 1.76. The Hall–Kier alpha value is -1.22. The highest BCUT2D eigenvalue weighted by molar-refractivity contribution is 5.59. The molecule has 1 fully saturated rings. The molecule has 0 aromatic heterocycles. The zero-order chi connectivity index (χ0) is 11.8. The lowest BCUT2D eigenvalue weighted by atomic mass is 10.1. The van der Waals surface area contributed by atoms with Crippen molar-refractivity contribution in [2.45, 2.75) is 32.4 Å². The van der Waals surface area contributed by atoms with Gasteiger partial charge in [-0.2, -0.15) is 0 Å². The van der Waals surface area contributed by atoms with E-state index in [4.69, 9.17) is 10.5 Å². The molecule has 0 aliphatic carbocycles. The van der Waals surface area contributed by atoms with Gasteiger partial charge in [-0.3, -0.25) is 0 Å². The minimum atomic E-state index is -0.164. The molecule has 0 bridgehead atoms. The lowest BCUT2D eigenvalue weighted by Gasteiger charge is -2.35. The van der Waals surface area contributed by atoms with Crippen LogP contribution in [0.25, 0.3) is 0 Å². The van der Waals surface area contributed by atoms with Crippen molar-refractivity contribution in [3.8, 4) is 0 Å². The summed E-state index contributed by atoms with van der Waals surface area (Å²) in [6, 6.07) is 6.18. The fourth-order valence-corrected chi connectivity index (χ4v) is 2.38. The molecule has 0 saturated carbocycles. The van der Waals surface area contributed by atoms with Crippen molar-refractivity contribution in [1.29, 1.82) is 0 Å². The van der Waals surface area contributed by atoms with Crippen LogP contribution in [0.5, 0.6) is 0 Å². The Bertz CT molecular complexity index is 392. The fraction of sp³-hybridized carbons (Fsp3) is 0.538. The van der Waals surface area contributed by atoms with Crippen LogP contribution in [0.1, 0.15) is 25.3 Å². The minimum Gasteiger partial charge on any atom is -0.399 e. The summed E-state index contributed by atoms with van der Waals surface area (Å²) in [5.74, 6) is 0. The van der Waals surface area contributed by atoms with Crippen LogP contribution in [-0.2, 0) is 4.74 Å². The van der Waals surface area contributed by atoms with Crippen molar-refractivity contribution in [3.63, 3.8) is 0 Å². The average molecular weight is 220 g/mol. The van der Waals surface area contributed by atoms with Crippen LogP contribution in [0.3, 0.4) is 0 Å². The van der Waals surface area contributed by atoms with E-state index >= 15 is 0 Å². The SMILES string of the molecule is COC1(C)CCCN1c1ccc(N)c(C)c1. The van der Waals surface area contributed by atoms with Crippen LogP contribution in [0.4, 0.5) is 11.4 Å². The molecule has 3 nitrogen and oxygen atoms in total. The van der Waals surface area contributed by atoms with Crippen LogP contribution in [-0.4, -0.2) is 19.4 Å². The second-order valence-corrected chi connectivity index (χ2v) is 4.68. The van der Waals surface area contributed by atoms with Gasteiger partial charge in [-0.25, -0.2) is 0 Å². The minimum absolute atomic E-state index is 0.164. The third-order valence-corrected chi connectivity index (χ3v) is 3.60. The summed E-state index contributed by atoms with van der Waals surface area (Å²) < 4.78 is 5.63. The zero-order valence-electron chi connectivity index (χ0n) is 10.3. The van der Waals surface area contributed by atoms with Gasteiger partial charge in [0.15, 0.2) is 0 Å². The molecule has 88 valence electrons. The molecule has 1 aliphatic heterocycles. The molecule has 2 N–H and O–H groups in total. The predicted molar refractivity (Wildman–Crippen MR) is 67.6 cm³/mol. The van der Waals surface area contributed by atoms with Gasteiger partial charge in [0.05, 0.1) is 0 Å². The molecule has 16 heavy (non-hydrogen) atoms. The quantitative estimate of drug-likeness (QED) is 0.778. The maximum atomic E-state index is 5.84. The summed E-state index contributed by atoms with van der Waals surface area (Å²) in [5, 5.41) is 0. The molecule has 3 heteroatoms. The number of nitrogens with two attached hydrogens (primary N) is 1. The Labute approximate surface area is 97.2 Å². The van der Waals surface area contributed by atoms with Crippen LogP contribution in [0.2, 0.25) is 0 Å². The molecule has 2 rings (SSSR count). The summed E-state index contributed by atoms with van der Waals surface area (Å²) in [5.41, 5.74) is 8.85. The number of aryl methyl sites for hydroxylation is 1. The molecule has 0 spiro atoms. The number of hydrogen-bond acceptors (Lipinski definition) is 3. The summed E-state index contributed by atoms with van der Waals surface area (Å²) in [7, 11) is 1.78. The molecule has 1 atom stereocenters. The van der Waals surface area contributed by atoms with Crippen molar-refractivity contribution < 1.29 is 4.74 Å². The van der Waals surface area contributed by atoms with Crippen molar-refractivity contribution in [2.75, 3.05) is 24.3 Å². The number of rotatable bonds is 2. The van der Waals surface area contributed by atoms with E-state index in [1.807, 2.05) is 13.0 Å². The number of nitrogens with zero attached hydrogens (tertiary/aromatic N) is 1. The molecule has 1 aromatic carbocycles. The molecule has 1 aliphatic rings. The molecule has 1 unspecified atom stereocenters. The van der Waals surface area contributed by atoms with Crippen molar-refractivity contribution >= 4 is 11.4 Å². The number of ether oxygens (including phenoxy) is 1. The van der Waals surface area contributed by atoms with Gasteiger partial charge in [0.2, 0.25) is 0 Å². The van der Waals surface area contributed by atoms with E-state index in [2.05, 4.69) is 24.0 Å². The predicted octanol–water partition coefficient (Wildman–Crippen LogP) is 2.54. The molecular formula is C13H20N2O. The maximum Gasteiger partial charge on any atom is 0.137 e. The zero-order valence-corrected chi connectivity index (χ0v) is 10.3. The molecule has 1 aromatic rings. The second-order valence-electron chi connectivity index (χ2n) is 4.68. The summed E-state index contributed by atoms with van der Waals surface area (Å²) >= 11 is 0. The van der Waals surface area contributed by atoms with Crippen LogP contribution >= 0.6 is 0 Å². The van der Waals surface area contributed by atoms with Gasteiger partial charge in [0.1, 0.15) is 5.72 Å². The lowest BCUT2D eigenvalue weighted by Crippen LogP contribution is -2.42. The average Bonchev–Trinajstić information content (AvgIpc) is 2.65. The highest BCUT2D eigenvalue weighted by Gasteiger charge is 2.36. The van der Waals surface area contributed by atoms with E-state index in [9.17, 15) is 0 Å². The largest absolute Gasteiger partial charge is 0.399 e. The van der Waals surface area contributed by atoms with E-state index in [1.165, 1.54) is 12.1 Å². The maximum absolute atomic E-state index is 5.84. The van der Waals surface area contributed by atoms with Crippen molar-refractivity contribution in [2.24, 2.45) is 0 Å². The van der Waals surface area contributed by atoms with Gasteiger partial charge in [-0.05, 0) is 50.5 Å². The summed E-state index contributed by atoms with van der Waals surface area (Å²) in [6.07, 6.45) is 2.25. The van der Waals surface area contributed by atoms with Gasteiger partial charge in [0.25, 0.3) is 0 Å². The number of anilines is 2. The Balaban J connectivity index is 2.33. The van der Waals surface area contributed by atoms with Gasteiger partial charge in [-0.15, -0.1) is 0 Å². The van der Waals surface area contributed by atoms with Gasteiger partial charge in [-0.1, -0.05) is 0 Å². The van der Waals surface area contributed by atoms with Crippen LogP contribution < -0.4 is 10.6 Å². The highest BCUT2D eigenvalue weighted by Crippen LogP contribution is 2.35. The number of hydrogen-bond donors (Lipinski definition) is 1. The number of nitrogen functional groups attached to an aromatic ring is 1. The Morgan fingerprint density at radius 2 is 2.19 bits per heavy atom. The van der Waals surface area contributed by atoms with E-state index < -0.39 is 0 Å². The summed E-state index contributed by atoms with van der Waals surface area (Å²) in [4.78, 5) is 2.32. The summed E-state index contributed by atoms with van der Waals surface area (Å²) in [6.45, 7) is 5.23. The topological polar surface area (TPSA) is 38.5 Å². The smallest absolute Gasteiger partial charge is 0.137 e. The third-order valence-electron chi connectivity index (χ3n) is 3.60. The first-order valence-corrected chi connectivity index (χ1v) is 5.76. The number of benzene rings is 1. The second kappa shape index (κ2) is 3.98. The standard InChI is InChI=1S/C13H20N2O/c1-10-9-11(5-6-12(10)14)15-8-4-7-13(15,2)16-3/h5-6,9H,4,7-8,14H2,1-3H3. The molecule has 0 radical (unpaired) electrons. The van der Waals surface area contributed by atoms with Gasteiger partial charge >= 0.3 is 0 Å². The highest BCUT2D eigenvalue weighted by atomic mass is 16.5. The van der Waals surface area contributed by atoms with Crippen LogP contribution in [0, 0.1) is 6.92 Å². The van der Waals surface area contributed by atoms with E-state index in [0.29, 0.717) is 0 Å². The van der Waals surface area contributed by atoms with E-state index in [-0.39, 0.29) is 5.72 Å². The van der Waals surface area contributed by atoms with Crippen molar-refractivity contribution in [3.05, 3.63) is 23.8 Å². The monoisotopic (exact) mass is 220 g/mol. The molecule has 0 amide bonds. The van der Waals surface area contributed by atoms with E-state index in [1.54, 1.807) is 7.11 Å². The van der Waals surface area contributed by atoms with E-state index in [0.717, 1.165) is 24.2 Å². The molecular weight excluding hydrogens is 200 g/mol. The first-order chi connectivity index (χ1) is 7.57. The molecule has 1 saturated heterocycles. The normalized spacial score (nSPS) is 25.1. The Morgan fingerprint density at radius 1 is 1.44 bits per heavy atom. The first-order valence-electron chi connectivity index (χ1n) is 5.76. The lowest BCUT2D eigenvalue weighted by molar-refractivity contribution is 0.0156. The molecule has 1 heterocycles. The fourth-order valence-electron chi connectivity index (χ4n) is 2.38. The van der Waals surface area contributed by atoms with Crippen molar-refractivity contribution in [1.82, 2.24) is 0 Å². The Kier molecular flexibility index (Phi) is 2.80. The first kappa shape index (κ1) is 11.3.